The van der Waals surface area contributed by atoms with Crippen molar-refractivity contribution in [2.45, 2.75) is 38.5 Å². The van der Waals surface area contributed by atoms with Gasteiger partial charge in [-0.2, -0.15) is 0 Å². The van der Waals surface area contributed by atoms with E-state index in [1.165, 1.54) is 0 Å². The molecule has 6 nitrogen and oxygen atoms in total. The molecule has 6 heteroatoms. The minimum Gasteiger partial charge on any atom is -0.385 e. The normalized spacial score (nSPS) is 10.3. The van der Waals surface area contributed by atoms with Crippen molar-refractivity contribution in [3.63, 3.8) is 0 Å². The number of carbonyl (C=O) groups excluding carboxylic acids is 3. The molecule has 0 rings (SSSR count). The molecule has 22 heavy (non-hydrogen) atoms. The van der Waals surface area contributed by atoms with Gasteiger partial charge in [0.1, 0.15) is 0 Å². The molecule has 0 aliphatic rings. The molecule has 0 bridgehead atoms. The van der Waals surface area contributed by atoms with Gasteiger partial charge in [-0.3, -0.25) is 19.3 Å². The molecule has 0 spiro atoms. The third-order valence-electron chi connectivity index (χ3n) is 3.12. The van der Waals surface area contributed by atoms with E-state index < -0.39 is 0 Å². The molecular weight excluding hydrogens is 286 g/mol. The van der Waals surface area contributed by atoms with E-state index in [1.807, 2.05) is 0 Å². The van der Waals surface area contributed by atoms with E-state index >= 15 is 0 Å². The van der Waals surface area contributed by atoms with E-state index in [2.05, 4.69) is 6.58 Å². The summed E-state index contributed by atoms with van der Waals surface area (Å²) in [5, 5.41) is 0. The lowest BCUT2D eigenvalue weighted by molar-refractivity contribution is -0.147. The highest BCUT2D eigenvalue weighted by molar-refractivity contribution is 6.01. The molecule has 0 aromatic rings. The molecule has 0 saturated carbocycles. The first-order valence-corrected chi connectivity index (χ1v) is 7.53. The second-order valence-electron chi connectivity index (χ2n) is 4.94. The van der Waals surface area contributed by atoms with Crippen LogP contribution in [0.5, 0.6) is 0 Å². The van der Waals surface area contributed by atoms with Gasteiger partial charge in [-0.05, 0) is 31.8 Å². The van der Waals surface area contributed by atoms with Crippen LogP contribution in [0.2, 0.25) is 0 Å². The zero-order chi connectivity index (χ0) is 16.8. The van der Waals surface area contributed by atoms with Crippen LogP contribution in [-0.4, -0.2) is 56.5 Å². The zero-order valence-corrected chi connectivity index (χ0v) is 13.6. The van der Waals surface area contributed by atoms with Crippen LogP contribution >= 0.6 is 0 Å². The molecule has 0 aliphatic heterocycles. The lowest BCUT2D eigenvalue weighted by Crippen LogP contribution is -2.40. The Morgan fingerprint density at radius 2 is 1.36 bits per heavy atom. The van der Waals surface area contributed by atoms with Gasteiger partial charge in [-0.15, -0.1) is 0 Å². The number of amides is 2. The molecule has 0 saturated heterocycles. The van der Waals surface area contributed by atoms with Gasteiger partial charge < -0.3 is 9.47 Å². The van der Waals surface area contributed by atoms with Crippen LogP contribution in [0.4, 0.5) is 0 Å². The van der Waals surface area contributed by atoms with E-state index in [9.17, 15) is 14.4 Å². The van der Waals surface area contributed by atoms with Crippen molar-refractivity contribution < 1.29 is 23.9 Å². The maximum absolute atomic E-state index is 12.1. The van der Waals surface area contributed by atoms with Gasteiger partial charge in [0.2, 0.25) is 11.8 Å². The highest BCUT2D eigenvalue weighted by atomic mass is 16.5. The summed E-state index contributed by atoms with van der Waals surface area (Å²) in [7, 11) is 3.20. The summed E-state index contributed by atoms with van der Waals surface area (Å²) in [5.74, 6) is -0.971. The molecule has 0 heterocycles. The summed E-state index contributed by atoms with van der Waals surface area (Å²) >= 11 is 0. The Hall–Kier alpha value is -1.53. The van der Waals surface area contributed by atoms with Gasteiger partial charge in [-0.25, -0.2) is 0 Å². The average Bonchev–Trinajstić information content (AvgIpc) is 2.52. The molecule has 2 amide bonds. The number of methoxy groups -OCH3 is 2. The monoisotopic (exact) mass is 313 g/mol. The molecule has 0 radical (unpaired) electrons. The molecular formula is C16H27NO5. The number of ether oxygens (including phenoxy) is 2. The van der Waals surface area contributed by atoms with E-state index in [-0.39, 0.29) is 37.0 Å². The van der Waals surface area contributed by atoms with Crippen LogP contribution < -0.4 is 0 Å². The van der Waals surface area contributed by atoms with Gasteiger partial charge in [0, 0.05) is 40.3 Å². The summed E-state index contributed by atoms with van der Waals surface area (Å²) in [5.41, 5.74) is 0. The van der Waals surface area contributed by atoms with Crippen molar-refractivity contribution in [1.29, 1.82) is 0 Å². The minimum absolute atomic E-state index is 0.226. The Morgan fingerprint density at radius 1 is 0.909 bits per heavy atom. The van der Waals surface area contributed by atoms with Gasteiger partial charge in [0.25, 0.3) is 0 Å². The van der Waals surface area contributed by atoms with Crippen LogP contribution in [0.25, 0.3) is 0 Å². The number of carbonyl (C=O) groups is 3. The Labute approximate surface area is 132 Å². The predicted octanol–water partition coefficient (Wildman–Crippen LogP) is 1.73. The van der Waals surface area contributed by atoms with Crippen molar-refractivity contribution in [3.8, 4) is 0 Å². The second kappa shape index (κ2) is 13.2. The fourth-order valence-electron chi connectivity index (χ4n) is 1.85. The zero-order valence-electron chi connectivity index (χ0n) is 13.6. The maximum Gasteiger partial charge on any atom is 0.229 e. The first-order chi connectivity index (χ1) is 10.6. The number of unbranched alkanes of at least 4 members (excludes halogenated alkanes) is 2. The number of nitrogens with zero attached hydrogens (tertiary/aromatic N) is 1. The van der Waals surface area contributed by atoms with Crippen molar-refractivity contribution in [2.75, 3.05) is 34.0 Å². The lowest BCUT2D eigenvalue weighted by atomic mass is 10.1. The van der Waals surface area contributed by atoms with Crippen LogP contribution in [0, 0.1) is 0 Å². The number of rotatable bonds is 13. The fraction of sp³-hybridized carbons (Fsp3) is 0.688. The molecule has 0 unspecified atom stereocenters. The van der Waals surface area contributed by atoms with Crippen LogP contribution in [0.1, 0.15) is 38.5 Å². The van der Waals surface area contributed by atoms with Gasteiger partial charge >= 0.3 is 0 Å². The van der Waals surface area contributed by atoms with Crippen LogP contribution in [0.3, 0.4) is 0 Å². The van der Waals surface area contributed by atoms with Crippen molar-refractivity contribution in [1.82, 2.24) is 4.90 Å². The standard InChI is InChI=1S/C16H27NO5/c1-4-14(18)13-17(15(19)9-5-7-11-21-2)16(20)10-6-8-12-22-3/h4H,1,5-13H2,2-3H3. The molecule has 0 atom stereocenters. The number of imide groups is 1. The number of hydrogen-bond acceptors (Lipinski definition) is 5. The molecule has 0 aromatic carbocycles. The number of ketones is 1. The summed E-state index contributed by atoms with van der Waals surface area (Å²) in [6.07, 6.45) is 4.34. The summed E-state index contributed by atoms with van der Waals surface area (Å²) in [4.78, 5) is 36.8. The van der Waals surface area contributed by atoms with Crippen LogP contribution in [0.15, 0.2) is 12.7 Å². The summed E-state index contributed by atoms with van der Waals surface area (Å²) in [6.45, 7) is 4.29. The van der Waals surface area contributed by atoms with Gasteiger partial charge in [0.05, 0.1) is 6.54 Å². The maximum atomic E-state index is 12.1. The van der Waals surface area contributed by atoms with Crippen molar-refractivity contribution >= 4 is 17.6 Å². The van der Waals surface area contributed by atoms with Crippen molar-refractivity contribution in [3.05, 3.63) is 12.7 Å². The SMILES string of the molecule is C=CC(=O)CN(C(=O)CCCCOC)C(=O)CCCCOC. The molecule has 0 aliphatic carbocycles. The minimum atomic E-state index is -0.338. The first-order valence-electron chi connectivity index (χ1n) is 7.53. The van der Waals surface area contributed by atoms with E-state index in [1.54, 1.807) is 14.2 Å². The Morgan fingerprint density at radius 3 is 1.73 bits per heavy atom. The third kappa shape index (κ3) is 9.41. The lowest BCUT2D eigenvalue weighted by Gasteiger charge is -2.19. The average molecular weight is 313 g/mol. The molecule has 0 fully saturated rings. The quantitative estimate of drug-likeness (QED) is 0.382. The Kier molecular flexibility index (Phi) is 12.2. The van der Waals surface area contributed by atoms with Crippen LogP contribution in [-0.2, 0) is 23.9 Å². The van der Waals surface area contributed by atoms with Gasteiger partial charge in [-0.1, -0.05) is 6.58 Å². The van der Waals surface area contributed by atoms with E-state index in [0.29, 0.717) is 26.1 Å². The molecule has 126 valence electrons. The summed E-state index contributed by atoms with van der Waals surface area (Å²) < 4.78 is 9.84. The van der Waals surface area contributed by atoms with Crippen molar-refractivity contribution in [2.24, 2.45) is 0 Å². The summed E-state index contributed by atoms with van der Waals surface area (Å²) in [6, 6.07) is 0. The smallest absolute Gasteiger partial charge is 0.229 e. The van der Waals surface area contributed by atoms with E-state index in [0.717, 1.165) is 23.8 Å². The third-order valence-corrected chi connectivity index (χ3v) is 3.12. The van der Waals surface area contributed by atoms with Gasteiger partial charge in [0.15, 0.2) is 5.78 Å². The fourth-order valence-corrected chi connectivity index (χ4v) is 1.85. The highest BCUT2D eigenvalue weighted by Crippen LogP contribution is 2.07. The first kappa shape index (κ1) is 20.5. The molecule has 0 N–H and O–H groups in total. The predicted molar refractivity (Wildman–Crippen MR) is 83.4 cm³/mol. The Bertz CT molecular complexity index is 344. The molecule has 0 aromatic heterocycles. The Balaban J connectivity index is 4.45. The second-order valence-corrected chi connectivity index (χ2v) is 4.94. The van der Waals surface area contributed by atoms with E-state index in [4.69, 9.17) is 9.47 Å². The topological polar surface area (TPSA) is 72.9 Å². The highest BCUT2D eigenvalue weighted by Gasteiger charge is 2.22. The number of hydrogen-bond donors (Lipinski definition) is 0. The largest absolute Gasteiger partial charge is 0.385 e.